The summed E-state index contributed by atoms with van der Waals surface area (Å²) >= 11 is 0. The van der Waals surface area contributed by atoms with Gasteiger partial charge in [0.2, 0.25) is 0 Å². The Kier molecular flexibility index (Phi) is 25.9. The van der Waals surface area contributed by atoms with Gasteiger partial charge in [0.25, 0.3) is 0 Å². The van der Waals surface area contributed by atoms with Gasteiger partial charge in [0.15, 0.2) is 0 Å². The average molecular weight is 581 g/mol. The van der Waals surface area contributed by atoms with E-state index in [0.717, 1.165) is 38.5 Å². The molecule has 2 N–H and O–H groups in total. The lowest BCUT2D eigenvalue weighted by atomic mass is 9.65. The largest absolute Gasteiger partial charge is 0.481 e. The minimum absolute atomic E-state index is 0.287. The first-order valence-corrected chi connectivity index (χ1v) is 18.2. The third-order valence-corrected chi connectivity index (χ3v) is 10.00. The Bertz CT molecular complexity index is 618. The molecule has 0 bridgehead atoms. The van der Waals surface area contributed by atoms with Crippen LogP contribution in [0.5, 0.6) is 0 Å². The predicted octanol–water partition coefficient (Wildman–Crippen LogP) is 12.2. The number of rotatable bonds is 31. The lowest BCUT2D eigenvalue weighted by Crippen LogP contribution is -2.39. The number of hydrogen-bond acceptors (Lipinski definition) is 2. The van der Waals surface area contributed by atoms with E-state index < -0.39 is 17.4 Å². The molecule has 0 fully saturated rings. The molecule has 0 rings (SSSR count). The van der Waals surface area contributed by atoms with Gasteiger partial charge in [-0.05, 0) is 50.4 Å². The zero-order chi connectivity index (χ0) is 30.8. The number of carboxylic acid groups (broad SMARTS) is 2. The van der Waals surface area contributed by atoms with E-state index in [9.17, 15) is 14.7 Å². The highest BCUT2D eigenvalue weighted by Crippen LogP contribution is 2.44. The van der Waals surface area contributed by atoms with E-state index in [1.54, 1.807) is 0 Å². The molecule has 0 aliphatic rings. The molecule has 0 amide bonds. The number of carboxylic acids is 2. The molecule has 4 heteroatoms. The number of unbranched alkanes of at least 4 members (excludes halogenated alkanes) is 15. The summed E-state index contributed by atoms with van der Waals surface area (Å²) in [6, 6.07) is 0. The standard InChI is InChI=1S/C37H72O4/c1-6-10-26-32(8-3)30-34(37(5,36(40)41)31-33(9-4)27-11-7-2)28-24-22-20-18-16-14-12-13-15-17-19-21-23-25-29-35(38)39/h32-34H,6-31H2,1-5H3,(H,38,39)(H,40,41). The van der Waals surface area contributed by atoms with Gasteiger partial charge in [-0.15, -0.1) is 0 Å². The summed E-state index contributed by atoms with van der Waals surface area (Å²) < 4.78 is 0. The van der Waals surface area contributed by atoms with Gasteiger partial charge in [0, 0.05) is 6.42 Å². The normalized spacial score (nSPS) is 15.3. The predicted molar refractivity (Wildman–Crippen MR) is 177 cm³/mol. The Morgan fingerprint density at radius 2 is 0.976 bits per heavy atom. The van der Waals surface area contributed by atoms with Crippen LogP contribution in [0.15, 0.2) is 0 Å². The van der Waals surface area contributed by atoms with Crippen LogP contribution >= 0.6 is 0 Å². The molecule has 0 aromatic rings. The molecule has 0 heterocycles. The van der Waals surface area contributed by atoms with E-state index in [-0.39, 0.29) is 5.92 Å². The highest BCUT2D eigenvalue weighted by molar-refractivity contribution is 5.74. The van der Waals surface area contributed by atoms with Gasteiger partial charge in [-0.3, -0.25) is 9.59 Å². The zero-order valence-electron chi connectivity index (χ0n) is 28.3. The van der Waals surface area contributed by atoms with Crippen molar-refractivity contribution in [3.05, 3.63) is 0 Å². The van der Waals surface area contributed by atoms with Crippen molar-refractivity contribution in [2.75, 3.05) is 0 Å². The van der Waals surface area contributed by atoms with Crippen LogP contribution in [-0.4, -0.2) is 22.2 Å². The fourth-order valence-corrected chi connectivity index (χ4v) is 6.84. The maximum Gasteiger partial charge on any atom is 0.309 e. The Hall–Kier alpha value is -1.06. The Morgan fingerprint density at radius 3 is 1.37 bits per heavy atom. The molecular weight excluding hydrogens is 508 g/mol. The maximum absolute atomic E-state index is 12.8. The lowest BCUT2D eigenvalue weighted by molar-refractivity contribution is -0.154. The summed E-state index contributed by atoms with van der Waals surface area (Å²) in [6.07, 6.45) is 30.2. The molecular formula is C37H72O4. The van der Waals surface area contributed by atoms with Gasteiger partial charge >= 0.3 is 11.9 Å². The molecule has 244 valence electrons. The van der Waals surface area contributed by atoms with Crippen LogP contribution in [0.25, 0.3) is 0 Å². The molecule has 41 heavy (non-hydrogen) atoms. The van der Waals surface area contributed by atoms with Crippen molar-refractivity contribution in [1.29, 1.82) is 0 Å². The molecule has 0 aliphatic carbocycles. The molecule has 0 saturated carbocycles. The minimum Gasteiger partial charge on any atom is -0.481 e. The summed E-state index contributed by atoms with van der Waals surface area (Å²) in [4.78, 5) is 23.4. The van der Waals surface area contributed by atoms with Gasteiger partial charge < -0.3 is 10.2 Å². The third-order valence-electron chi connectivity index (χ3n) is 10.00. The van der Waals surface area contributed by atoms with Crippen LogP contribution < -0.4 is 0 Å². The van der Waals surface area contributed by atoms with Gasteiger partial charge in [-0.2, -0.15) is 0 Å². The van der Waals surface area contributed by atoms with Gasteiger partial charge in [-0.25, -0.2) is 0 Å². The van der Waals surface area contributed by atoms with Gasteiger partial charge in [0.1, 0.15) is 0 Å². The highest BCUT2D eigenvalue weighted by atomic mass is 16.4. The topological polar surface area (TPSA) is 74.6 Å². The summed E-state index contributed by atoms with van der Waals surface area (Å²) in [5.41, 5.74) is -0.605. The molecule has 0 aromatic heterocycles. The number of hydrogen-bond donors (Lipinski definition) is 2. The first-order valence-electron chi connectivity index (χ1n) is 18.2. The van der Waals surface area contributed by atoms with Crippen molar-refractivity contribution in [3.8, 4) is 0 Å². The van der Waals surface area contributed by atoms with Crippen molar-refractivity contribution >= 4 is 11.9 Å². The Morgan fingerprint density at radius 1 is 0.561 bits per heavy atom. The molecule has 0 spiro atoms. The molecule has 4 nitrogen and oxygen atoms in total. The quantitative estimate of drug-likeness (QED) is 0.0800. The molecule has 0 aromatic carbocycles. The number of aliphatic carboxylic acids is 2. The SMILES string of the molecule is CCCCC(CC)CC(CCCCCCCCCCCCCCCCC(=O)O)C(C)(CC(CC)CCCC)C(=O)O. The Balaban J connectivity index is 4.53. The first kappa shape index (κ1) is 39.9. The van der Waals surface area contributed by atoms with Crippen LogP contribution in [0.4, 0.5) is 0 Å². The van der Waals surface area contributed by atoms with Crippen molar-refractivity contribution < 1.29 is 19.8 Å². The molecule has 4 atom stereocenters. The highest BCUT2D eigenvalue weighted by Gasteiger charge is 2.42. The van der Waals surface area contributed by atoms with E-state index >= 15 is 0 Å². The Labute approximate surface area is 256 Å². The zero-order valence-corrected chi connectivity index (χ0v) is 28.3. The second kappa shape index (κ2) is 26.6. The van der Waals surface area contributed by atoms with E-state index in [0.29, 0.717) is 18.3 Å². The average Bonchev–Trinajstić information content (AvgIpc) is 2.95. The number of carbonyl (C=O) groups is 2. The second-order valence-electron chi connectivity index (χ2n) is 13.6. The summed E-state index contributed by atoms with van der Waals surface area (Å²) in [7, 11) is 0. The lowest BCUT2D eigenvalue weighted by Gasteiger charge is -2.39. The van der Waals surface area contributed by atoms with Crippen LogP contribution in [0.3, 0.4) is 0 Å². The monoisotopic (exact) mass is 581 g/mol. The summed E-state index contributed by atoms with van der Waals surface area (Å²) in [5.74, 6) is 0.247. The fourth-order valence-electron chi connectivity index (χ4n) is 6.84. The van der Waals surface area contributed by atoms with Crippen molar-refractivity contribution in [1.82, 2.24) is 0 Å². The molecule has 4 unspecified atom stereocenters. The molecule has 0 aliphatic heterocycles. The second-order valence-corrected chi connectivity index (χ2v) is 13.6. The van der Waals surface area contributed by atoms with Crippen LogP contribution in [0.1, 0.15) is 202 Å². The van der Waals surface area contributed by atoms with E-state index in [4.69, 9.17) is 5.11 Å². The van der Waals surface area contributed by atoms with Gasteiger partial charge in [-0.1, -0.05) is 163 Å². The summed E-state index contributed by atoms with van der Waals surface area (Å²) in [5, 5.41) is 19.2. The van der Waals surface area contributed by atoms with E-state index in [1.165, 1.54) is 122 Å². The van der Waals surface area contributed by atoms with Crippen LogP contribution in [0.2, 0.25) is 0 Å². The summed E-state index contributed by atoms with van der Waals surface area (Å²) in [6.45, 7) is 11.2. The van der Waals surface area contributed by atoms with Crippen molar-refractivity contribution in [2.45, 2.75) is 202 Å². The van der Waals surface area contributed by atoms with Crippen molar-refractivity contribution in [3.63, 3.8) is 0 Å². The smallest absolute Gasteiger partial charge is 0.309 e. The third kappa shape index (κ3) is 20.5. The van der Waals surface area contributed by atoms with Crippen molar-refractivity contribution in [2.24, 2.45) is 23.2 Å². The minimum atomic E-state index is -0.670. The van der Waals surface area contributed by atoms with Crippen LogP contribution in [-0.2, 0) is 9.59 Å². The molecule has 0 radical (unpaired) electrons. The fraction of sp³-hybridized carbons (Fsp3) is 0.946. The van der Waals surface area contributed by atoms with E-state index in [2.05, 4.69) is 34.6 Å². The first-order chi connectivity index (χ1) is 19.7. The molecule has 0 saturated heterocycles. The van der Waals surface area contributed by atoms with Crippen LogP contribution in [0, 0.1) is 23.2 Å². The van der Waals surface area contributed by atoms with E-state index in [1.807, 2.05) is 0 Å². The maximum atomic E-state index is 12.8. The van der Waals surface area contributed by atoms with Gasteiger partial charge in [0.05, 0.1) is 5.41 Å².